The third-order valence-electron chi connectivity index (χ3n) is 5.65. The van der Waals surface area contributed by atoms with Gasteiger partial charge in [0.25, 0.3) is 0 Å². The van der Waals surface area contributed by atoms with E-state index in [4.69, 9.17) is 21.0 Å². The van der Waals surface area contributed by atoms with E-state index >= 15 is 0 Å². The number of ether oxygens (including phenoxy) is 1. The Balaban J connectivity index is 1.84. The molecule has 3 rings (SSSR count). The van der Waals surface area contributed by atoms with E-state index < -0.39 is 16.3 Å². The summed E-state index contributed by atoms with van der Waals surface area (Å²) in [4.78, 5) is 14.9. The highest BCUT2D eigenvalue weighted by Crippen LogP contribution is 2.28. The topological polar surface area (TPSA) is 152 Å². The van der Waals surface area contributed by atoms with Crippen molar-refractivity contribution in [2.45, 2.75) is 37.4 Å². The third kappa shape index (κ3) is 6.69. The fourth-order valence-corrected chi connectivity index (χ4v) is 4.63. The molecule has 0 aromatic heterocycles. The molecule has 0 radical (unpaired) electrons. The number of carbonyl (C=O) groups excluding carboxylic acids is 1. The van der Waals surface area contributed by atoms with E-state index in [0.29, 0.717) is 28.8 Å². The molecule has 2 amide bonds. The molecule has 10 heteroatoms. The summed E-state index contributed by atoms with van der Waals surface area (Å²) >= 11 is 0. The number of anilines is 1. The maximum absolute atomic E-state index is 13.3. The molecule has 0 aliphatic carbocycles. The van der Waals surface area contributed by atoms with Gasteiger partial charge in [-0.1, -0.05) is 61.9 Å². The van der Waals surface area contributed by atoms with E-state index in [1.807, 2.05) is 13.0 Å². The van der Waals surface area contributed by atoms with Crippen LogP contribution in [0.25, 0.3) is 11.1 Å². The zero-order valence-corrected chi connectivity index (χ0v) is 21.1. The molecular formula is C26H31N5O4S. The number of sulfonamides is 1. The monoisotopic (exact) mass is 509 g/mol. The van der Waals surface area contributed by atoms with Gasteiger partial charge in [0.2, 0.25) is 10.0 Å². The average molecular weight is 510 g/mol. The lowest BCUT2D eigenvalue weighted by molar-refractivity contribution is -0.0145. The molecule has 0 saturated heterocycles. The maximum Gasteiger partial charge on any atom is 0.324 e. The van der Waals surface area contributed by atoms with Crippen molar-refractivity contribution in [1.29, 1.82) is 5.41 Å². The molecule has 9 nitrogen and oxygen atoms in total. The van der Waals surface area contributed by atoms with E-state index in [1.165, 1.54) is 6.07 Å². The molecule has 3 aromatic carbocycles. The Morgan fingerprint density at radius 1 is 1.08 bits per heavy atom. The summed E-state index contributed by atoms with van der Waals surface area (Å²) in [5, 5.41) is 15.9. The van der Waals surface area contributed by atoms with Crippen molar-refractivity contribution < 1.29 is 17.9 Å². The molecule has 0 bridgehead atoms. The van der Waals surface area contributed by atoms with Gasteiger partial charge in [0.05, 0.1) is 4.90 Å². The Labute approximate surface area is 211 Å². The highest BCUT2D eigenvalue weighted by molar-refractivity contribution is 7.89. The first-order valence-corrected chi connectivity index (χ1v) is 12.9. The van der Waals surface area contributed by atoms with Crippen LogP contribution in [-0.4, -0.2) is 38.5 Å². The summed E-state index contributed by atoms with van der Waals surface area (Å²) in [5.74, 6) is -0.0474. The Hall–Kier alpha value is -3.73. The van der Waals surface area contributed by atoms with Gasteiger partial charge in [0.1, 0.15) is 12.1 Å². The van der Waals surface area contributed by atoms with E-state index in [2.05, 4.69) is 5.32 Å². The molecular weight excluding hydrogens is 478 g/mol. The van der Waals surface area contributed by atoms with Crippen LogP contribution in [0.5, 0.6) is 0 Å². The lowest BCUT2D eigenvalue weighted by Gasteiger charge is -2.31. The number of hydrogen-bond acceptors (Lipinski definition) is 5. The molecule has 0 fully saturated rings. The first-order chi connectivity index (χ1) is 17.1. The number of amides is 2. The van der Waals surface area contributed by atoms with Gasteiger partial charge in [-0.2, -0.15) is 0 Å². The molecule has 0 aliphatic rings. The lowest BCUT2D eigenvalue weighted by Crippen LogP contribution is -2.43. The largest absolute Gasteiger partial charge is 0.384 e. The van der Waals surface area contributed by atoms with Crippen molar-refractivity contribution in [2.24, 2.45) is 10.9 Å². The number of primary sulfonamides is 1. The maximum atomic E-state index is 13.3. The predicted octanol–water partition coefficient (Wildman–Crippen LogP) is 4.09. The predicted molar refractivity (Wildman–Crippen MR) is 141 cm³/mol. The highest BCUT2D eigenvalue weighted by Gasteiger charge is 2.24. The van der Waals surface area contributed by atoms with E-state index in [-0.39, 0.29) is 23.3 Å². The van der Waals surface area contributed by atoms with Crippen molar-refractivity contribution in [3.05, 3.63) is 83.9 Å². The fourth-order valence-electron chi connectivity index (χ4n) is 3.87. The highest BCUT2D eigenvalue weighted by atomic mass is 32.2. The second-order valence-electron chi connectivity index (χ2n) is 8.27. The number of urea groups is 1. The Bertz CT molecular complexity index is 1330. The van der Waals surface area contributed by atoms with Crippen LogP contribution in [0.4, 0.5) is 10.5 Å². The van der Waals surface area contributed by atoms with Crippen LogP contribution in [0.1, 0.15) is 30.9 Å². The summed E-state index contributed by atoms with van der Waals surface area (Å²) in [5.41, 5.74) is 8.67. The second kappa shape index (κ2) is 11.8. The molecule has 0 saturated carbocycles. The molecule has 1 atom stereocenters. The zero-order chi connectivity index (χ0) is 26.3. The normalized spacial score (nSPS) is 12.1. The van der Waals surface area contributed by atoms with Crippen LogP contribution >= 0.6 is 0 Å². The van der Waals surface area contributed by atoms with Crippen molar-refractivity contribution in [3.8, 4) is 11.1 Å². The number of benzene rings is 3. The average Bonchev–Trinajstić information content (AvgIpc) is 2.86. The number of hydrogen-bond donors (Lipinski definition) is 4. The molecule has 190 valence electrons. The van der Waals surface area contributed by atoms with Gasteiger partial charge in [-0.3, -0.25) is 10.3 Å². The minimum atomic E-state index is -3.89. The summed E-state index contributed by atoms with van der Waals surface area (Å²) in [7, 11) is -2.33. The first-order valence-electron chi connectivity index (χ1n) is 11.4. The van der Waals surface area contributed by atoms with Crippen molar-refractivity contribution >= 4 is 27.6 Å². The lowest BCUT2D eigenvalue weighted by atomic mass is 10.1. The number of nitrogen functional groups attached to an aromatic ring is 1. The van der Waals surface area contributed by atoms with Gasteiger partial charge in [-0.05, 0) is 41.8 Å². The summed E-state index contributed by atoms with van der Waals surface area (Å²) in [6.07, 6.45) is 0.991. The number of nitrogens with two attached hydrogens (primary N) is 2. The Morgan fingerprint density at radius 2 is 1.78 bits per heavy atom. The van der Waals surface area contributed by atoms with Gasteiger partial charge in [0.15, 0.2) is 0 Å². The first kappa shape index (κ1) is 26.9. The minimum Gasteiger partial charge on any atom is -0.384 e. The summed E-state index contributed by atoms with van der Waals surface area (Å²) in [6.45, 7) is 2.27. The summed E-state index contributed by atoms with van der Waals surface area (Å²) in [6, 6.07) is 20.1. The van der Waals surface area contributed by atoms with Crippen LogP contribution in [0.15, 0.2) is 77.7 Å². The van der Waals surface area contributed by atoms with Crippen LogP contribution in [0.2, 0.25) is 0 Å². The zero-order valence-electron chi connectivity index (χ0n) is 20.3. The molecule has 36 heavy (non-hydrogen) atoms. The van der Waals surface area contributed by atoms with Crippen LogP contribution in [-0.2, 0) is 21.3 Å². The molecule has 0 spiro atoms. The summed E-state index contributed by atoms with van der Waals surface area (Å²) < 4.78 is 29.5. The molecule has 1 unspecified atom stereocenters. The van der Waals surface area contributed by atoms with E-state index in [9.17, 15) is 13.2 Å². The number of carbonyl (C=O) groups is 1. The second-order valence-corrected chi connectivity index (χ2v) is 9.80. The van der Waals surface area contributed by atoms with Gasteiger partial charge >= 0.3 is 6.03 Å². The van der Waals surface area contributed by atoms with Crippen molar-refractivity contribution in [1.82, 2.24) is 4.90 Å². The van der Waals surface area contributed by atoms with Gasteiger partial charge in [-0.25, -0.2) is 18.4 Å². The van der Waals surface area contributed by atoms with Gasteiger partial charge < -0.3 is 15.8 Å². The number of methoxy groups -OCH3 is 1. The molecule has 0 heterocycles. The van der Waals surface area contributed by atoms with Crippen LogP contribution in [0.3, 0.4) is 0 Å². The van der Waals surface area contributed by atoms with Crippen LogP contribution in [0, 0.1) is 5.41 Å². The van der Waals surface area contributed by atoms with Gasteiger partial charge in [0, 0.05) is 30.5 Å². The quantitative estimate of drug-likeness (QED) is 0.184. The Kier molecular flexibility index (Phi) is 8.81. The van der Waals surface area contributed by atoms with Gasteiger partial charge in [-0.15, -0.1) is 0 Å². The molecule has 0 aliphatic heterocycles. The van der Waals surface area contributed by atoms with E-state index in [1.54, 1.807) is 72.7 Å². The number of nitrogens with zero attached hydrogens (tertiary/aromatic N) is 1. The number of amidine groups is 1. The molecule has 3 aromatic rings. The number of nitrogens with one attached hydrogen (secondary N) is 2. The minimum absolute atomic E-state index is 0.0308. The smallest absolute Gasteiger partial charge is 0.324 e. The van der Waals surface area contributed by atoms with Crippen molar-refractivity contribution in [3.63, 3.8) is 0 Å². The fraction of sp³-hybridized carbons (Fsp3) is 0.231. The van der Waals surface area contributed by atoms with E-state index in [0.717, 1.165) is 12.0 Å². The van der Waals surface area contributed by atoms with Crippen LogP contribution < -0.4 is 16.2 Å². The third-order valence-corrected chi connectivity index (χ3v) is 6.62. The number of rotatable bonds is 10. The SMILES string of the molecule is CCCC(OC)N(Cc1cccc(C(=N)N)c1)C(=O)Nc1ccc(-c2ccccc2S(N)(=O)=O)cc1. The Morgan fingerprint density at radius 3 is 2.39 bits per heavy atom. The van der Waals surface area contributed by atoms with Crippen molar-refractivity contribution in [2.75, 3.05) is 12.4 Å². The molecule has 6 N–H and O–H groups in total. The standard InChI is InChI=1S/C26H31N5O4S/c1-3-7-24(35-2)31(17-18-8-6-9-20(16-18)25(27)28)26(32)30-21-14-12-19(13-15-21)22-10-4-5-11-23(22)36(29,33)34/h4-6,8-16,24H,3,7,17H2,1-2H3,(H3,27,28)(H,30,32)(H2,29,33,34).